The number of thiazole rings is 1. The van der Waals surface area contributed by atoms with Crippen LogP contribution < -0.4 is 5.32 Å². The lowest BCUT2D eigenvalue weighted by Crippen LogP contribution is -2.64. The maximum Gasteiger partial charge on any atom is 0.282 e. The minimum Gasteiger partial charge on any atom is -0.335 e. The van der Waals surface area contributed by atoms with E-state index in [9.17, 15) is 14.4 Å². The van der Waals surface area contributed by atoms with Crippen LogP contribution in [0.4, 0.5) is 5.69 Å². The first kappa shape index (κ1) is 23.7. The summed E-state index contributed by atoms with van der Waals surface area (Å²) in [7, 11) is 0. The Labute approximate surface area is 215 Å². The number of aromatic nitrogens is 1. The number of piperazine rings is 1. The summed E-state index contributed by atoms with van der Waals surface area (Å²) in [5.41, 5.74) is 1.41. The van der Waals surface area contributed by atoms with Gasteiger partial charge in [-0.3, -0.25) is 19.3 Å². The summed E-state index contributed by atoms with van der Waals surface area (Å²) in [4.78, 5) is 48.7. The predicted molar refractivity (Wildman–Crippen MR) is 138 cm³/mol. The monoisotopic (exact) mass is 553 g/mol. The van der Waals surface area contributed by atoms with Crippen molar-refractivity contribution < 1.29 is 14.4 Å². The number of nitrogens with one attached hydrogen (secondary N) is 1. The van der Waals surface area contributed by atoms with Gasteiger partial charge in [-0.2, -0.15) is 0 Å². The minimum absolute atomic E-state index is 0.0113. The molecule has 0 saturated carbocycles. The number of hydrogen-bond acceptors (Lipinski definition) is 6. The van der Waals surface area contributed by atoms with Crippen LogP contribution in [0.1, 0.15) is 30.5 Å². The molecule has 2 aliphatic heterocycles. The number of likely N-dealkylation sites (tertiary alicyclic amines) is 1. The number of nitrogens with zero attached hydrogens (tertiary/aromatic N) is 4. The summed E-state index contributed by atoms with van der Waals surface area (Å²) < 4.78 is 0.861. The molecule has 5 rings (SSSR count). The molecule has 35 heavy (non-hydrogen) atoms. The van der Waals surface area contributed by atoms with Gasteiger partial charge in [-0.15, -0.1) is 11.3 Å². The second kappa shape index (κ2) is 10.3. The lowest BCUT2D eigenvalue weighted by Gasteiger charge is -2.48. The highest BCUT2D eigenvalue weighted by molar-refractivity contribution is 9.10. The van der Waals surface area contributed by atoms with Gasteiger partial charge in [0.1, 0.15) is 0 Å². The van der Waals surface area contributed by atoms with Crippen LogP contribution in [0.2, 0.25) is 0 Å². The quantitative estimate of drug-likeness (QED) is 0.523. The maximum absolute atomic E-state index is 13.2. The average Bonchev–Trinajstić information content (AvgIpc) is 3.38. The second-order valence-electron chi connectivity index (χ2n) is 8.54. The molecule has 1 aromatic heterocycles. The largest absolute Gasteiger partial charge is 0.335 e. The van der Waals surface area contributed by atoms with Crippen molar-refractivity contribution in [1.82, 2.24) is 19.7 Å². The lowest BCUT2D eigenvalue weighted by atomic mass is 10.0. The van der Waals surface area contributed by atoms with Crippen molar-refractivity contribution in [2.45, 2.75) is 6.04 Å². The van der Waals surface area contributed by atoms with Gasteiger partial charge in [0.2, 0.25) is 0 Å². The van der Waals surface area contributed by atoms with E-state index >= 15 is 0 Å². The summed E-state index contributed by atoms with van der Waals surface area (Å²) in [6.45, 7) is 4.08. The zero-order valence-corrected chi connectivity index (χ0v) is 21.3. The molecule has 0 spiro atoms. The number of anilines is 1. The van der Waals surface area contributed by atoms with E-state index in [-0.39, 0.29) is 23.8 Å². The molecule has 2 aliphatic rings. The SMILES string of the molecule is O=C(Nc1cccc(Br)c1)c1ccccc1C(=O)N1CC(N2CCN(C(=O)c3nccs3)CC2)C1. The highest BCUT2D eigenvalue weighted by Gasteiger charge is 2.38. The van der Waals surface area contributed by atoms with Crippen molar-refractivity contribution in [2.75, 3.05) is 44.6 Å². The third-order valence-corrected chi connectivity index (χ3v) is 7.62. The molecule has 0 atom stereocenters. The number of carbonyl (C=O) groups excluding carboxylic acids is 3. The predicted octanol–water partition coefficient (Wildman–Crippen LogP) is 3.44. The van der Waals surface area contributed by atoms with E-state index in [2.05, 4.69) is 31.1 Å². The van der Waals surface area contributed by atoms with E-state index < -0.39 is 0 Å². The Balaban J connectivity index is 1.17. The van der Waals surface area contributed by atoms with Crippen molar-refractivity contribution in [3.63, 3.8) is 0 Å². The zero-order chi connectivity index (χ0) is 24.4. The summed E-state index contributed by atoms with van der Waals surface area (Å²) in [5, 5.41) is 5.21. The molecule has 0 unspecified atom stereocenters. The van der Waals surface area contributed by atoms with E-state index in [1.165, 1.54) is 11.3 Å². The normalized spacial score (nSPS) is 16.6. The molecule has 3 amide bonds. The fraction of sp³-hybridized carbons (Fsp3) is 0.280. The topological polar surface area (TPSA) is 85.9 Å². The molecular weight excluding hydrogens is 530 g/mol. The van der Waals surface area contributed by atoms with E-state index in [0.717, 1.165) is 17.6 Å². The summed E-state index contributed by atoms with van der Waals surface area (Å²) in [6.07, 6.45) is 1.65. The summed E-state index contributed by atoms with van der Waals surface area (Å²) in [6, 6.07) is 14.5. The third kappa shape index (κ3) is 5.14. The molecule has 3 heterocycles. The third-order valence-electron chi connectivity index (χ3n) is 6.37. The molecule has 0 aliphatic carbocycles. The van der Waals surface area contributed by atoms with Gasteiger partial charge in [-0.1, -0.05) is 34.1 Å². The molecule has 0 bridgehead atoms. The number of carbonyl (C=O) groups is 3. The van der Waals surface area contributed by atoms with E-state index in [0.29, 0.717) is 48.0 Å². The molecule has 2 saturated heterocycles. The van der Waals surface area contributed by atoms with Gasteiger partial charge in [0.25, 0.3) is 17.7 Å². The van der Waals surface area contributed by atoms with Crippen LogP contribution in [0.3, 0.4) is 0 Å². The van der Waals surface area contributed by atoms with Gasteiger partial charge < -0.3 is 15.1 Å². The Morgan fingerprint density at radius 3 is 2.34 bits per heavy atom. The summed E-state index contributed by atoms with van der Waals surface area (Å²) >= 11 is 4.76. The highest BCUT2D eigenvalue weighted by atomic mass is 79.9. The van der Waals surface area contributed by atoms with Crippen LogP contribution in [0.5, 0.6) is 0 Å². The van der Waals surface area contributed by atoms with Crippen LogP contribution in [-0.2, 0) is 0 Å². The number of hydrogen-bond donors (Lipinski definition) is 1. The molecule has 8 nitrogen and oxygen atoms in total. The number of amides is 3. The Bertz CT molecular complexity index is 1240. The van der Waals surface area contributed by atoms with Gasteiger partial charge in [-0.05, 0) is 30.3 Å². The van der Waals surface area contributed by atoms with Gasteiger partial charge in [0.15, 0.2) is 5.01 Å². The molecule has 10 heteroatoms. The van der Waals surface area contributed by atoms with Crippen molar-refractivity contribution in [3.05, 3.63) is 80.7 Å². The van der Waals surface area contributed by atoms with E-state index in [4.69, 9.17) is 0 Å². The molecule has 2 aromatic carbocycles. The Morgan fingerprint density at radius 2 is 1.66 bits per heavy atom. The van der Waals surface area contributed by atoms with E-state index in [1.54, 1.807) is 41.4 Å². The fourth-order valence-electron chi connectivity index (χ4n) is 4.41. The van der Waals surface area contributed by atoms with E-state index in [1.807, 2.05) is 28.5 Å². The van der Waals surface area contributed by atoms with Crippen molar-refractivity contribution in [2.24, 2.45) is 0 Å². The Hall–Kier alpha value is -3.08. The molecule has 180 valence electrons. The number of halogens is 1. The molecule has 3 aromatic rings. The molecule has 1 N–H and O–H groups in total. The standard InChI is InChI=1S/C25H24BrN5O3S/c26-17-4-3-5-18(14-17)28-22(32)20-6-1-2-7-21(20)24(33)31-15-19(16-31)29-9-11-30(12-10-29)25(34)23-27-8-13-35-23/h1-8,13-14,19H,9-12,15-16H2,(H,28,32). The van der Waals surface area contributed by atoms with Gasteiger partial charge >= 0.3 is 0 Å². The smallest absolute Gasteiger partial charge is 0.282 e. The Morgan fingerprint density at radius 1 is 0.914 bits per heavy atom. The average molecular weight is 554 g/mol. The van der Waals surface area contributed by atoms with Crippen molar-refractivity contribution in [1.29, 1.82) is 0 Å². The maximum atomic E-state index is 13.2. The van der Waals surface area contributed by atoms with Crippen LogP contribution in [0.25, 0.3) is 0 Å². The Kier molecular flexibility index (Phi) is 6.94. The first-order valence-corrected chi connectivity index (χ1v) is 13.0. The number of rotatable bonds is 5. The first-order chi connectivity index (χ1) is 17.0. The zero-order valence-electron chi connectivity index (χ0n) is 18.9. The second-order valence-corrected chi connectivity index (χ2v) is 10.3. The van der Waals surface area contributed by atoms with Crippen molar-refractivity contribution in [3.8, 4) is 0 Å². The van der Waals surface area contributed by atoms with Crippen LogP contribution in [0.15, 0.2) is 64.6 Å². The summed E-state index contributed by atoms with van der Waals surface area (Å²) in [5.74, 6) is -0.466. The fourth-order valence-corrected chi connectivity index (χ4v) is 5.41. The first-order valence-electron chi connectivity index (χ1n) is 11.4. The lowest BCUT2D eigenvalue weighted by molar-refractivity contribution is 0.00846. The van der Waals surface area contributed by atoms with Crippen LogP contribution >= 0.6 is 27.3 Å². The van der Waals surface area contributed by atoms with Crippen LogP contribution in [-0.4, -0.2) is 82.7 Å². The van der Waals surface area contributed by atoms with Gasteiger partial charge in [0.05, 0.1) is 11.1 Å². The van der Waals surface area contributed by atoms with Crippen LogP contribution in [0, 0.1) is 0 Å². The van der Waals surface area contributed by atoms with Gasteiger partial charge in [0, 0.05) is 67.0 Å². The van der Waals surface area contributed by atoms with Crippen molar-refractivity contribution >= 4 is 50.7 Å². The number of benzene rings is 2. The highest BCUT2D eigenvalue weighted by Crippen LogP contribution is 2.23. The van der Waals surface area contributed by atoms with Gasteiger partial charge in [-0.25, -0.2) is 4.98 Å². The molecule has 2 fully saturated rings. The molecular formula is C25H24BrN5O3S. The minimum atomic E-state index is -0.315. The molecule has 0 radical (unpaired) electrons.